The molecule has 0 saturated heterocycles. The zero-order chi connectivity index (χ0) is 9.78. The summed E-state index contributed by atoms with van der Waals surface area (Å²) in [4.78, 5) is 10.3. The minimum absolute atomic E-state index is 0.0506. The van der Waals surface area contributed by atoms with E-state index in [9.17, 15) is 10.1 Å². The fourth-order valence-corrected chi connectivity index (χ4v) is 0.865. The third kappa shape index (κ3) is 2.15. The van der Waals surface area contributed by atoms with Crippen LogP contribution in [0.25, 0.3) is 0 Å². The molecule has 0 saturated carbocycles. The van der Waals surface area contributed by atoms with Gasteiger partial charge in [0.05, 0.1) is 0 Å². The van der Waals surface area contributed by atoms with Crippen molar-refractivity contribution in [2.24, 2.45) is 0 Å². The molecule has 0 spiro atoms. The lowest BCUT2D eigenvalue weighted by molar-refractivity contribution is -0.581. The molecule has 0 radical (unpaired) electrons. The molecule has 5 heteroatoms. The lowest BCUT2D eigenvalue weighted by Crippen LogP contribution is -2.49. The number of ether oxygens (including phenoxy) is 2. The van der Waals surface area contributed by atoms with E-state index < -0.39 is 11.6 Å². The predicted molar refractivity (Wildman–Crippen MR) is 43.7 cm³/mol. The van der Waals surface area contributed by atoms with Crippen molar-refractivity contribution >= 4 is 0 Å². The van der Waals surface area contributed by atoms with Crippen molar-refractivity contribution in [2.75, 3.05) is 20.8 Å². The maximum Gasteiger partial charge on any atom is 0.267 e. The molecule has 0 aliphatic heterocycles. The van der Waals surface area contributed by atoms with Crippen molar-refractivity contribution in [3.8, 4) is 0 Å². The Kier molecular flexibility index (Phi) is 4.12. The second-order valence-electron chi connectivity index (χ2n) is 2.93. The Morgan fingerprint density at radius 1 is 1.58 bits per heavy atom. The Balaban J connectivity index is 4.48. The van der Waals surface area contributed by atoms with Gasteiger partial charge in [-0.2, -0.15) is 0 Å². The summed E-state index contributed by atoms with van der Waals surface area (Å²) in [5.41, 5.74) is -1.16. The second kappa shape index (κ2) is 4.37. The summed E-state index contributed by atoms with van der Waals surface area (Å²) < 4.78 is 9.68. The van der Waals surface area contributed by atoms with Crippen LogP contribution in [0.5, 0.6) is 0 Å². The summed E-state index contributed by atoms with van der Waals surface area (Å²) in [6, 6.07) is 0. The zero-order valence-electron chi connectivity index (χ0n) is 7.86. The molecule has 0 heterocycles. The van der Waals surface area contributed by atoms with Crippen molar-refractivity contribution in [1.29, 1.82) is 0 Å². The van der Waals surface area contributed by atoms with Gasteiger partial charge in [-0.05, 0) is 6.92 Å². The van der Waals surface area contributed by atoms with E-state index in [-0.39, 0.29) is 11.5 Å². The Morgan fingerprint density at radius 3 is 2.33 bits per heavy atom. The molecular formula is C7H15NO4. The fourth-order valence-electron chi connectivity index (χ4n) is 0.865. The van der Waals surface area contributed by atoms with Crippen LogP contribution >= 0.6 is 0 Å². The predicted octanol–water partition coefficient (Wildman–Crippen LogP) is 0.703. The number of hydrogen-bond acceptors (Lipinski definition) is 4. The monoisotopic (exact) mass is 177 g/mol. The van der Waals surface area contributed by atoms with Crippen molar-refractivity contribution in [1.82, 2.24) is 0 Å². The Bertz CT molecular complexity index is 161. The van der Waals surface area contributed by atoms with Crippen molar-refractivity contribution in [3.63, 3.8) is 0 Å². The van der Waals surface area contributed by atoms with E-state index in [1.165, 1.54) is 21.1 Å². The van der Waals surface area contributed by atoms with Crippen molar-refractivity contribution < 1.29 is 14.4 Å². The van der Waals surface area contributed by atoms with Gasteiger partial charge in [0.1, 0.15) is 12.7 Å². The summed E-state index contributed by atoms with van der Waals surface area (Å²) in [5, 5.41) is 10.7. The smallest absolute Gasteiger partial charge is 0.267 e. The first kappa shape index (κ1) is 11.3. The van der Waals surface area contributed by atoms with Crippen LogP contribution in [-0.2, 0) is 9.47 Å². The standard InChI is InChI=1S/C7H15NO4/c1-6(12-4)7(2,5-11-3)8(9)10/h6H,5H2,1-4H3. The molecule has 0 amide bonds. The van der Waals surface area contributed by atoms with Gasteiger partial charge in [0.15, 0.2) is 0 Å². The molecule has 0 aliphatic carbocycles. The van der Waals surface area contributed by atoms with E-state index in [4.69, 9.17) is 9.47 Å². The summed E-state index contributed by atoms with van der Waals surface area (Å²) in [7, 11) is 2.88. The van der Waals surface area contributed by atoms with Crippen LogP contribution in [0.2, 0.25) is 0 Å². The highest BCUT2D eigenvalue weighted by atomic mass is 16.6. The van der Waals surface area contributed by atoms with Gasteiger partial charge in [-0.15, -0.1) is 0 Å². The molecule has 0 bridgehead atoms. The molecule has 2 atom stereocenters. The van der Waals surface area contributed by atoms with E-state index in [2.05, 4.69) is 0 Å². The van der Waals surface area contributed by atoms with Gasteiger partial charge >= 0.3 is 0 Å². The van der Waals surface area contributed by atoms with Crippen LogP contribution in [0.3, 0.4) is 0 Å². The number of rotatable bonds is 5. The SMILES string of the molecule is COCC(C)(C(C)OC)[N+](=O)[O-]. The molecule has 0 aromatic carbocycles. The van der Waals surface area contributed by atoms with Gasteiger partial charge < -0.3 is 9.47 Å². The highest BCUT2D eigenvalue weighted by molar-refractivity contribution is 4.80. The molecule has 72 valence electrons. The van der Waals surface area contributed by atoms with E-state index in [1.807, 2.05) is 0 Å². The second-order valence-corrected chi connectivity index (χ2v) is 2.93. The molecule has 12 heavy (non-hydrogen) atoms. The van der Waals surface area contributed by atoms with Crippen LogP contribution in [0.15, 0.2) is 0 Å². The van der Waals surface area contributed by atoms with Gasteiger partial charge in [-0.25, -0.2) is 0 Å². The Morgan fingerprint density at radius 2 is 2.08 bits per heavy atom. The van der Waals surface area contributed by atoms with E-state index in [1.54, 1.807) is 6.92 Å². The Hall–Kier alpha value is -0.680. The highest BCUT2D eigenvalue weighted by Gasteiger charge is 2.43. The summed E-state index contributed by atoms with van der Waals surface area (Å²) >= 11 is 0. The quantitative estimate of drug-likeness (QED) is 0.458. The summed E-state index contributed by atoms with van der Waals surface area (Å²) in [6.45, 7) is 3.21. The fraction of sp³-hybridized carbons (Fsp3) is 1.00. The summed E-state index contributed by atoms with van der Waals surface area (Å²) in [5.74, 6) is 0. The lowest BCUT2D eigenvalue weighted by atomic mass is 9.98. The van der Waals surface area contributed by atoms with E-state index >= 15 is 0 Å². The molecule has 2 unspecified atom stereocenters. The first-order valence-electron chi connectivity index (χ1n) is 3.65. The van der Waals surface area contributed by atoms with Crippen molar-refractivity contribution in [2.45, 2.75) is 25.5 Å². The number of hydrogen-bond donors (Lipinski definition) is 0. The van der Waals surface area contributed by atoms with E-state index in [0.29, 0.717) is 0 Å². The third-order valence-corrected chi connectivity index (χ3v) is 2.08. The molecular weight excluding hydrogens is 162 g/mol. The van der Waals surface area contributed by atoms with Crippen LogP contribution in [-0.4, -0.2) is 37.4 Å². The normalized spacial score (nSPS) is 18.3. The van der Waals surface area contributed by atoms with Crippen LogP contribution in [0.4, 0.5) is 0 Å². The summed E-state index contributed by atoms with van der Waals surface area (Å²) in [6.07, 6.45) is -0.465. The topological polar surface area (TPSA) is 61.6 Å². The Labute approximate surface area is 71.8 Å². The molecule has 5 nitrogen and oxygen atoms in total. The largest absolute Gasteiger partial charge is 0.377 e. The highest BCUT2D eigenvalue weighted by Crippen LogP contribution is 2.17. The lowest BCUT2D eigenvalue weighted by Gasteiger charge is -2.25. The molecule has 0 rings (SSSR count). The van der Waals surface area contributed by atoms with Crippen LogP contribution in [0.1, 0.15) is 13.8 Å². The van der Waals surface area contributed by atoms with Crippen molar-refractivity contribution in [3.05, 3.63) is 10.1 Å². The third-order valence-electron chi connectivity index (χ3n) is 2.08. The van der Waals surface area contributed by atoms with Gasteiger partial charge in [-0.1, -0.05) is 0 Å². The van der Waals surface area contributed by atoms with Crippen LogP contribution in [0, 0.1) is 10.1 Å². The number of methoxy groups -OCH3 is 2. The van der Waals surface area contributed by atoms with E-state index in [0.717, 1.165) is 0 Å². The van der Waals surface area contributed by atoms with Gasteiger partial charge in [0.2, 0.25) is 0 Å². The molecule has 0 N–H and O–H groups in total. The van der Waals surface area contributed by atoms with Gasteiger partial charge in [-0.3, -0.25) is 10.1 Å². The average molecular weight is 177 g/mol. The van der Waals surface area contributed by atoms with Gasteiger partial charge in [0.25, 0.3) is 5.54 Å². The zero-order valence-corrected chi connectivity index (χ0v) is 7.86. The maximum absolute atomic E-state index is 10.7. The molecule has 0 fully saturated rings. The first-order valence-corrected chi connectivity index (χ1v) is 3.65. The molecule has 0 aromatic heterocycles. The maximum atomic E-state index is 10.7. The number of nitrogens with zero attached hydrogens (tertiary/aromatic N) is 1. The minimum atomic E-state index is -1.16. The van der Waals surface area contributed by atoms with Crippen LogP contribution < -0.4 is 0 Å². The first-order chi connectivity index (χ1) is 5.49. The number of nitro groups is 1. The molecule has 0 aliphatic rings. The average Bonchev–Trinajstić information content (AvgIpc) is 2.03. The minimum Gasteiger partial charge on any atom is -0.377 e. The van der Waals surface area contributed by atoms with Gasteiger partial charge in [0, 0.05) is 26.1 Å². The molecule has 0 aromatic rings.